The van der Waals surface area contributed by atoms with E-state index in [-0.39, 0.29) is 11.8 Å². The zero-order valence-corrected chi connectivity index (χ0v) is 9.88. The molecule has 1 fully saturated rings. The maximum absolute atomic E-state index is 10.6. The van der Waals surface area contributed by atoms with Crippen LogP contribution >= 0.6 is 0 Å². The van der Waals surface area contributed by atoms with Crippen molar-refractivity contribution in [2.45, 2.75) is 46.0 Å². The molecule has 0 aromatic carbocycles. The van der Waals surface area contributed by atoms with Crippen molar-refractivity contribution < 1.29 is 9.90 Å². The summed E-state index contributed by atoms with van der Waals surface area (Å²) in [4.78, 5) is 10.6. The SMILES string of the molecule is CC(C)(CNCC1CCCC1)CC(=O)O. The van der Waals surface area contributed by atoms with Gasteiger partial charge in [0.15, 0.2) is 0 Å². The van der Waals surface area contributed by atoms with Gasteiger partial charge in [-0.25, -0.2) is 0 Å². The highest BCUT2D eigenvalue weighted by molar-refractivity contribution is 5.67. The lowest BCUT2D eigenvalue weighted by molar-refractivity contribution is -0.139. The van der Waals surface area contributed by atoms with E-state index >= 15 is 0 Å². The standard InChI is InChI=1S/C12H23NO2/c1-12(2,7-11(14)15)9-13-8-10-5-3-4-6-10/h10,13H,3-9H2,1-2H3,(H,14,15). The highest BCUT2D eigenvalue weighted by Gasteiger charge is 2.22. The predicted molar refractivity (Wildman–Crippen MR) is 60.9 cm³/mol. The summed E-state index contributed by atoms with van der Waals surface area (Å²) in [5, 5.41) is 12.1. The second-order valence-electron chi connectivity index (χ2n) is 5.52. The smallest absolute Gasteiger partial charge is 0.303 e. The third-order valence-electron chi connectivity index (χ3n) is 3.14. The van der Waals surface area contributed by atoms with Crippen molar-refractivity contribution in [1.29, 1.82) is 0 Å². The van der Waals surface area contributed by atoms with Gasteiger partial charge in [0.25, 0.3) is 0 Å². The van der Waals surface area contributed by atoms with Gasteiger partial charge in [0.2, 0.25) is 0 Å². The van der Waals surface area contributed by atoms with Crippen molar-refractivity contribution in [2.24, 2.45) is 11.3 Å². The molecule has 3 nitrogen and oxygen atoms in total. The summed E-state index contributed by atoms with van der Waals surface area (Å²) in [6, 6.07) is 0. The van der Waals surface area contributed by atoms with Crippen LogP contribution in [0.3, 0.4) is 0 Å². The second kappa shape index (κ2) is 5.50. The largest absolute Gasteiger partial charge is 0.481 e. The number of carboxylic acids is 1. The Labute approximate surface area is 92.3 Å². The van der Waals surface area contributed by atoms with Crippen molar-refractivity contribution in [3.05, 3.63) is 0 Å². The Balaban J connectivity index is 2.14. The molecule has 3 heteroatoms. The molecule has 0 aromatic heterocycles. The molecule has 1 saturated carbocycles. The quantitative estimate of drug-likeness (QED) is 0.711. The second-order valence-corrected chi connectivity index (χ2v) is 5.52. The number of aliphatic carboxylic acids is 1. The monoisotopic (exact) mass is 213 g/mol. The number of carboxylic acid groups (broad SMARTS) is 1. The van der Waals surface area contributed by atoms with Crippen LogP contribution in [0.25, 0.3) is 0 Å². The zero-order valence-electron chi connectivity index (χ0n) is 9.88. The molecule has 0 heterocycles. The van der Waals surface area contributed by atoms with Crippen molar-refractivity contribution in [1.82, 2.24) is 5.32 Å². The van der Waals surface area contributed by atoms with Gasteiger partial charge in [0, 0.05) is 6.54 Å². The van der Waals surface area contributed by atoms with Crippen molar-refractivity contribution in [3.63, 3.8) is 0 Å². The van der Waals surface area contributed by atoms with Gasteiger partial charge in [0.05, 0.1) is 6.42 Å². The first-order valence-corrected chi connectivity index (χ1v) is 5.92. The molecule has 2 N–H and O–H groups in total. The molecule has 0 spiro atoms. The Hall–Kier alpha value is -0.570. The van der Waals surface area contributed by atoms with Crippen LogP contribution in [-0.2, 0) is 4.79 Å². The molecule has 1 aliphatic carbocycles. The van der Waals surface area contributed by atoms with Crippen LogP contribution < -0.4 is 5.32 Å². The van der Waals surface area contributed by atoms with E-state index in [2.05, 4.69) is 5.32 Å². The number of hydrogen-bond acceptors (Lipinski definition) is 2. The predicted octanol–water partition coefficient (Wildman–Crippen LogP) is 2.27. The third kappa shape index (κ3) is 5.17. The molecule has 88 valence electrons. The van der Waals surface area contributed by atoms with E-state index in [0.717, 1.165) is 19.0 Å². The minimum Gasteiger partial charge on any atom is -0.481 e. The summed E-state index contributed by atoms with van der Waals surface area (Å²) < 4.78 is 0. The first-order chi connectivity index (χ1) is 6.99. The molecule has 0 radical (unpaired) electrons. The minimum atomic E-state index is -0.706. The van der Waals surface area contributed by atoms with Crippen LogP contribution in [0, 0.1) is 11.3 Å². The van der Waals surface area contributed by atoms with E-state index in [1.165, 1.54) is 25.7 Å². The maximum atomic E-state index is 10.6. The van der Waals surface area contributed by atoms with Gasteiger partial charge in [-0.2, -0.15) is 0 Å². The first kappa shape index (κ1) is 12.5. The van der Waals surface area contributed by atoms with E-state index in [1.54, 1.807) is 0 Å². The van der Waals surface area contributed by atoms with Crippen molar-refractivity contribution >= 4 is 5.97 Å². The molecule has 0 amide bonds. The highest BCUT2D eigenvalue weighted by Crippen LogP contribution is 2.24. The van der Waals surface area contributed by atoms with Gasteiger partial charge >= 0.3 is 5.97 Å². The van der Waals surface area contributed by atoms with Crippen LogP contribution in [0.2, 0.25) is 0 Å². The average Bonchev–Trinajstić information content (AvgIpc) is 2.53. The lowest BCUT2D eigenvalue weighted by Gasteiger charge is -2.23. The number of rotatable bonds is 6. The van der Waals surface area contributed by atoms with Crippen molar-refractivity contribution in [2.75, 3.05) is 13.1 Å². The average molecular weight is 213 g/mol. The van der Waals surface area contributed by atoms with Gasteiger partial charge in [0.1, 0.15) is 0 Å². The van der Waals surface area contributed by atoms with Crippen LogP contribution in [0.1, 0.15) is 46.0 Å². The Morgan fingerprint density at radius 2 is 2.00 bits per heavy atom. The molecule has 1 rings (SSSR count). The lowest BCUT2D eigenvalue weighted by Crippen LogP contribution is -2.33. The maximum Gasteiger partial charge on any atom is 0.303 e. The Kier molecular flexibility index (Phi) is 4.58. The summed E-state index contributed by atoms with van der Waals surface area (Å²) in [6.07, 6.45) is 5.65. The van der Waals surface area contributed by atoms with Gasteiger partial charge in [-0.1, -0.05) is 26.7 Å². The summed E-state index contributed by atoms with van der Waals surface area (Å²) in [5.41, 5.74) is -0.134. The number of nitrogens with one attached hydrogen (secondary N) is 1. The normalized spacial score (nSPS) is 18.3. The van der Waals surface area contributed by atoms with Gasteiger partial charge < -0.3 is 10.4 Å². The topological polar surface area (TPSA) is 49.3 Å². The molecule has 1 aliphatic rings. The van der Waals surface area contributed by atoms with Crippen LogP contribution in [0.4, 0.5) is 0 Å². The summed E-state index contributed by atoms with van der Waals surface area (Å²) in [5.74, 6) is 0.119. The Morgan fingerprint density at radius 1 is 1.40 bits per heavy atom. The fraction of sp³-hybridized carbons (Fsp3) is 0.917. The number of hydrogen-bond donors (Lipinski definition) is 2. The molecular weight excluding hydrogens is 190 g/mol. The number of carbonyl (C=O) groups is 1. The first-order valence-electron chi connectivity index (χ1n) is 5.92. The zero-order chi connectivity index (χ0) is 11.3. The summed E-state index contributed by atoms with van der Waals surface area (Å²) in [6.45, 7) is 5.87. The molecular formula is C12H23NO2. The van der Waals surface area contributed by atoms with Gasteiger partial charge in [-0.3, -0.25) is 4.79 Å². The Bertz CT molecular complexity index is 208. The van der Waals surface area contributed by atoms with Crippen LogP contribution in [0.5, 0.6) is 0 Å². The fourth-order valence-electron chi connectivity index (χ4n) is 2.30. The molecule has 0 bridgehead atoms. The lowest BCUT2D eigenvalue weighted by atomic mass is 9.89. The molecule has 15 heavy (non-hydrogen) atoms. The molecule has 0 aliphatic heterocycles. The van der Waals surface area contributed by atoms with Gasteiger partial charge in [-0.05, 0) is 30.7 Å². The molecule has 0 aromatic rings. The third-order valence-corrected chi connectivity index (χ3v) is 3.14. The van der Waals surface area contributed by atoms with E-state index in [1.807, 2.05) is 13.8 Å². The summed E-state index contributed by atoms with van der Waals surface area (Å²) in [7, 11) is 0. The molecule has 0 saturated heterocycles. The van der Waals surface area contributed by atoms with Crippen molar-refractivity contribution in [3.8, 4) is 0 Å². The van der Waals surface area contributed by atoms with E-state index < -0.39 is 5.97 Å². The minimum absolute atomic E-state index is 0.134. The van der Waals surface area contributed by atoms with Gasteiger partial charge in [-0.15, -0.1) is 0 Å². The van der Waals surface area contributed by atoms with Crippen LogP contribution in [-0.4, -0.2) is 24.2 Å². The molecule has 0 atom stereocenters. The Morgan fingerprint density at radius 3 is 2.53 bits per heavy atom. The van der Waals surface area contributed by atoms with E-state index in [0.29, 0.717) is 0 Å². The van der Waals surface area contributed by atoms with E-state index in [4.69, 9.17) is 5.11 Å². The van der Waals surface area contributed by atoms with Crippen LogP contribution in [0.15, 0.2) is 0 Å². The fourth-order valence-corrected chi connectivity index (χ4v) is 2.30. The summed E-state index contributed by atoms with van der Waals surface area (Å²) >= 11 is 0. The highest BCUT2D eigenvalue weighted by atomic mass is 16.4. The molecule has 0 unspecified atom stereocenters. The van der Waals surface area contributed by atoms with E-state index in [9.17, 15) is 4.79 Å².